The molecule has 1 aromatic heterocycles. The first-order chi connectivity index (χ1) is 11.1. The fourth-order valence-electron chi connectivity index (χ4n) is 2.05. The molecule has 130 valence electrons. The summed E-state index contributed by atoms with van der Waals surface area (Å²) in [5.74, 6) is -0.160. The molecule has 0 saturated heterocycles. The molecule has 0 radical (unpaired) electrons. The Balaban J connectivity index is 0.00000288. The van der Waals surface area contributed by atoms with Crippen molar-refractivity contribution in [1.82, 2.24) is 15.1 Å². The predicted molar refractivity (Wildman–Crippen MR) is 93.2 cm³/mol. The number of amides is 1. The van der Waals surface area contributed by atoms with Gasteiger partial charge in [0.1, 0.15) is 12.4 Å². The van der Waals surface area contributed by atoms with E-state index in [2.05, 4.69) is 15.7 Å². The number of benzene rings is 1. The van der Waals surface area contributed by atoms with Crippen LogP contribution in [0.5, 0.6) is 0 Å². The van der Waals surface area contributed by atoms with Crippen LogP contribution in [0.4, 0.5) is 11.4 Å². The molecule has 9 heteroatoms. The van der Waals surface area contributed by atoms with Crippen LogP contribution in [0.3, 0.4) is 0 Å². The van der Waals surface area contributed by atoms with E-state index in [4.69, 9.17) is 0 Å². The summed E-state index contributed by atoms with van der Waals surface area (Å²) in [5, 5.41) is 20.5. The minimum absolute atomic E-state index is 0. The third-order valence-corrected chi connectivity index (χ3v) is 3.26. The lowest BCUT2D eigenvalue weighted by atomic mass is 10.1. The van der Waals surface area contributed by atoms with Gasteiger partial charge in [-0.1, -0.05) is 25.1 Å². The molecular weight excluding hydrogens is 334 g/mol. The maximum absolute atomic E-state index is 12.0. The molecule has 2 aromatic rings. The second-order valence-corrected chi connectivity index (χ2v) is 4.95. The Morgan fingerprint density at radius 1 is 1.38 bits per heavy atom. The Bertz CT molecular complexity index is 689. The van der Waals surface area contributed by atoms with Gasteiger partial charge in [-0.2, -0.15) is 5.10 Å². The number of carbonyl (C=O) groups is 1. The van der Waals surface area contributed by atoms with Crippen LogP contribution in [-0.4, -0.2) is 27.2 Å². The van der Waals surface area contributed by atoms with Crippen LogP contribution in [0.2, 0.25) is 0 Å². The number of aromatic nitrogens is 2. The minimum atomic E-state index is -0.513. The van der Waals surface area contributed by atoms with Gasteiger partial charge in [-0.3, -0.25) is 19.6 Å². The first kappa shape index (κ1) is 19.6. The molecule has 1 aromatic carbocycles. The fraction of sp³-hybridized carbons (Fsp3) is 0.333. The van der Waals surface area contributed by atoms with Gasteiger partial charge in [0.2, 0.25) is 5.91 Å². The lowest BCUT2D eigenvalue weighted by molar-refractivity contribution is -0.385. The number of anilines is 1. The van der Waals surface area contributed by atoms with Gasteiger partial charge in [0.15, 0.2) is 0 Å². The number of rotatable bonds is 8. The van der Waals surface area contributed by atoms with Crippen molar-refractivity contribution in [2.24, 2.45) is 0 Å². The van der Waals surface area contributed by atoms with Crippen LogP contribution in [0.1, 0.15) is 18.9 Å². The molecule has 2 N–H and O–H groups in total. The molecule has 0 aliphatic carbocycles. The molecule has 0 aliphatic rings. The van der Waals surface area contributed by atoms with E-state index in [1.165, 1.54) is 17.1 Å². The molecule has 0 saturated carbocycles. The third kappa shape index (κ3) is 5.64. The lowest BCUT2D eigenvalue weighted by Gasteiger charge is -2.11. The number of halogens is 1. The van der Waals surface area contributed by atoms with Gasteiger partial charge in [-0.05, 0) is 18.2 Å². The second kappa shape index (κ2) is 9.64. The molecule has 0 bridgehead atoms. The van der Waals surface area contributed by atoms with Gasteiger partial charge in [0, 0.05) is 25.2 Å². The smallest absolute Gasteiger partial charge is 0.306 e. The summed E-state index contributed by atoms with van der Waals surface area (Å²) in [5.41, 5.74) is 1.70. The zero-order valence-electron chi connectivity index (χ0n) is 13.3. The van der Waals surface area contributed by atoms with E-state index in [0.717, 1.165) is 17.8 Å². The van der Waals surface area contributed by atoms with Gasteiger partial charge < -0.3 is 10.6 Å². The Kier molecular flexibility index (Phi) is 7.87. The predicted octanol–water partition coefficient (Wildman–Crippen LogP) is 2.35. The zero-order chi connectivity index (χ0) is 16.7. The summed E-state index contributed by atoms with van der Waals surface area (Å²) in [7, 11) is 0. The molecule has 0 atom stereocenters. The molecular formula is C15H20ClN5O3. The molecule has 0 spiro atoms. The van der Waals surface area contributed by atoms with E-state index in [-0.39, 0.29) is 37.0 Å². The highest BCUT2D eigenvalue weighted by atomic mass is 35.5. The van der Waals surface area contributed by atoms with Gasteiger partial charge in [-0.25, -0.2) is 0 Å². The standard InChI is InChI=1S/C15H19N5O3.ClH/c1-2-16-9-12-5-3-4-6-14(12)18-15(21)7-8-19-11-13(10-17-19)20(22)23;/h3-6,10-11,16H,2,7-9H2,1H3,(H,18,21);1H. The van der Waals surface area contributed by atoms with Crippen LogP contribution < -0.4 is 10.6 Å². The van der Waals surface area contributed by atoms with Crippen molar-refractivity contribution in [3.63, 3.8) is 0 Å². The van der Waals surface area contributed by atoms with Crippen molar-refractivity contribution < 1.29 is 9.72 Å². The molecule has 24 heavy (non-hydrogen) atoms. The number of hydrogen-bond acceptors (Lipinski definition) is 5. The number of nitro groups is 1. The Morgan fingerprint density at radius 2 is 2.12 bits per heavy atom. The monoisotopic (exact) mass is 353 g/mol. The topological polar surface area (TPSA) is 102 Å². The third-order valence-electron chi connectivity index (χ3n) is 3.26. The van der Waals surface area contributed by atoms with Crippen LogP contribution in [0, 0.1) is 10.1 Å². The van der Waals surface area contributed by atoms with Crippen molar-refractivity contribution >= 4 is 29.7 Å². The summed E-state index contributed by atoms with van der Waals surface area (Å²) >= 11 is 0. The average molecular weight is 354 g/mol. The maximum Gasteiger partial charge on any atom is 0.306 e. The Hall–Kier alpha value is -2.45. The lowest BCUT2D eigenvalue weighted by Crippen LogP contribution is -2.18. The van der Waals surface area contributed by atoms with E-state index in [1.54, 1.807) is 0 Å². The Labute approximate surface area is 145 Å². The van der Waals surface area contributed by atoms with Crippen molar-refractivity contribution in [3.05, 3.63) is 52.3 Å². The van der Waals surface area contributed by atoms with E-state index in [9.17, 15) is 14.9 Å². The first-order valence-corrected chi connectivity index (χ1v) is 7.35. The normalized spacial score (nSPS) is 10.0. The van der Waals surface area contributed by atoms with Crippen LogP contribution in [-0.2, 0) is 17.9 Å². The van der Waals surface area contributed by atoms with Crippen molar-refractivity contribution in [2.45, 2.75) is 26.4 Å². The largest absolute Gasteiger partial charge is 0.326 e. The number of nitrogens with one attached hydrogen (secondary N) is 2. The second-order valence-electron chi connectivity index (χ2n) is 4.95. The quantitative estimate of drug-likeness (QED) is 0.560. The molecule has 0 aliphatic heterocycles. The molecule has 0 fully saturated rings. The van der Waals surface area contributed by atoms with E-state index >= 15 is 0 Å². The molecule has 2 rings (SSSR count). The molecule has 0 unspecified atom stereocenters. The van der Waals surface area contributed by atoms with Gasteiger partial charge in [0.25, 0.3) is 0 Å². The minimum Gasteiger partial charge on any atom is -0.326 e. The molecule has 8 nitrogen and oxygen atoms in total. The number of aryl methyl sites for hydroxylation is 1. The highest BCUT2D eigenvalue weighted by Gasteiger charge is 2.10. The van der Waals surface area contributed by atoms with Crippen LogP contribution in [0.15, 0.2) is 36.7 Å². The van der Waals surface area contributed by atoms with Gasteiger partial charge in [-0.15, -0.1) is 12.4 Å². The van der Waals surface area contributed by atoms with Crippen LogP contribution >= 0.6 is 12.4 Å². The summed E-state index contributed by atoms with van der Waals surface area (Å²) < 4.78 is 1.39. The highest BCUT2D eigenvalue weighted by molar-refractivity contribution is 5.91. The zero-order valence-corrected chi connectivity index (χ0v) is 14.1. The Morgan fingerprint density at radius 3 is 2.79 bits per heavy atom. The highest BCUT2D eigenvalue weighted by Crippen LogP contribution is 2.15. The van der Waals surface area contributed by atoms with E-state index in [0.29, 0.717) is 6.54 Å². The first-order valence-electron chi connectivity index (χ1n) is 7.35. The average Bonchev–Trinajstić information content (AvgIpc) is 3.01. The van der Waals surface area contributed by atoms with Gasteiger partial charge >= 0.3 is 5.69 Å². The number of nitrogens with zero attached hydrogens (tertiary/aromatic N) is 3. The van der Waals surface area contributed by atoms with Crippen molar-refractivity contribution in [1.29, 1.82) is 0 Å². The summed E-state index contributed by atoms with van der Waals surface area (Å²) in [6.07, 6.45) is 2.67. The van der Waals surface area contributed by atoms with Gasteiger partial charge in [0.05, 0.1) is 4.92 Å². The molecule has 1 amide bonds. The summed E-state index contributed by atoms with van der Waals surface area (Å²) in [4.78, 5) is 22.1. The number of hydrogen-bond donors (Lipinski definition) is 2. The van der Waals surface area contributed by atoms with E-state index in [1.807, 2.05) is 31.2 Å². The number of para-hydroxylation sites is 1. The SMILES string of the molecule is CCNCc1ccccc1NC(=O)CCn1cc([N+](=O)[O-])cn1.Cl. The van der Waals surface area contributed by atoms with Crippen molar-refractivity contribution in [3.8, 4) is 0 Å². The molecule has 1 heterocycles. The number of carbonyl (C=O) groups excluding carboxylic acids is 1. The van der Waals surface area contributed by atoms with Crippen LogP contribution in [0.25, 0.3) is 0 Å². The van der Waals surface area contributed by atoms with Crippen molar-refractivity contribution in [2.75, 3.05) is 11.9 Å². The summed E-state index contributed by atoms with van der Waals surface area (Å²) in [6.45, 7) is 3.83. The maximum atomic E-state index is 12.0. The van der Waals surface area contributed by atoms with E-state index < -0.39 is 4.92 Å². The summed E-state index contributed by atoms with van der Waals surface area (Å²) in [6, 6.07) is 7.59. The fourth-order valence-corrected chi connectivity index (χ4v) is 2.05.